The van der Waals surface area contributed by atoms with E-state index in [0.717, 1.165) is 33.5 Å². The van der Waals surface area contributed by atoms with Crippen molar-refractivity contribution in [3.63, 3.8) is 0 Å². The Morgan fingerprint density at radius 2 is 2.17 bits per heavy atom. The first-order valence-corrected chi connectivity index (χ1v) is 6.26. The largest absolute Gasteiger partial charge is 0.497 e. The summed E-state index contributed by atoms with van der Waals surface area (Å²) in [7, 11) is 1.66. The van der Waals surface area contributed by atoms with Gasteiger partial charge >= 0.3 is 0 Å². The van der Waals surface area contributed by atoms with Crippen LogP contribution in [0.3, 0.4) is 0 Å². The normalized spacial score (nSPS) is 21.9. The molecule has 0 amide bonds. The lowest BCUT2D eigenvalue weighted by Crippen LogP contribution is -1.85. The molecule has 0 spiro atoms. The zero-order chi connectivity index (χ0) is 12.9. The average molecular weight is 240 g/mol. The van der Waals surface area contributed by atoms with Gasteiger partial charge in [0.1, 0.15) is 11.8 Å². The van der Waals surface area contributed by atoms with Crippen LogP contribution in [0, 0.1) is 24.2 Å². The first-order valence-electron chi connectivity index (χ1n) is 6.26. The number of benzene rings is 1. The third-order valence-corrected chi connectivity index (χ3v) is 3.94. The van der Waals surface area contributed by atoms with Crippen LogP contribution < -0.4 is 4.74 Å². The van der Waals surface area contributed by atoms with Gasteiger partial charge in [0.2, 0.25) is 0 Å². The molecular weight excluding hydrogens is 224 g/mol. The standard InChI is InChI=1S/C15H16N2O/c1-8-5-11(8)15-13(7-16)12-6-10(18-3)4-9(2)14(12)17-15/h4,6,8,11,17H,5H2,1-3H3. The van der Waals surface area contributed by atoms with E-state index in [1.54, 1.807) is 7.11 Å². The Morgan fingerprint density at radius 3 is 2.72 bits per heavy atom. The van der Waals surface area contributed by atoms with Gasteiger partial charge in [-0.25, -0.2) is 0 Å². The quantitative estimate of drug-likeness (QED) is 0.873. The second kappa shape index (κ2) is 3.78. The Bertz CT molecular complexity index is 663. The highest BCUT2D eigenvalue weighted by atomic mass is 16.5. The maximum absolute atomic E-state index is 9.41. The molecule has 2 atom stereocenters. The second-order valence-electron chi connectivity index (χ2n) is 5.21. The molecule has 1 fully saturated rings. The SMILES string of the molecule is COc1cc(C)c2[nH]c(C3CC3C)c(C#N)c2c1. The van der Waals surface area contributed by atoms with E-state index in [0.29, 0.717) is 11.8 Å². The minimum atomic E-state index is 0.525. The number of ether oxygens (including phenoxy) is 1. The van der Waals surface area contributed by atoms with Gasteiger partial charge in [0.25, 0.3) is 0 Å². The smallest absolute Gasteiger partial charge is 0.119 e. The summed E-state index contributed by atoms with van der Waals surface area (Å²) in [5, 5.41) is 10.4. The molecule has 18 heavy (non-hydrogen) atoms. The first-order chi connectivity index (χ1) is 8.65. The van der Waals surface area contributed by atoms with Gasteiger partial charge in [-0.2, -0.15) is 5.26 Å². The number of nitrogens with zero attached hydrogens (tertiary/aromatic N) is 1. The fourth-order valence-corrected chi connectivity index (χ4v) is 2.70. The zero-order valence-electron chi connectivity index (χ0n) is 10.9. The molecular formula is C15H16N2O. The van der Waals surface area contributed by atoms with Crippen molar-refractivity contribution in [1.29, 1.82) is 5.26 Å². The number of fused-ring (bicyclic) bond motifs is 1. The van der Waals surface area contributed by atoms with Crippen molar-refractivity contribution in [2.24, 2.45) is 5.92 Å². The number of nitriles is 1. The minimum Gasteiger partial charge on any atom is -0.497 e. The molecule has 1 aromatic carbocycles. The van der Waals surface area contributed by atoms with Gasteiger partial charge in [-0.3, -0.25) is 0 Å². The molecule has 1 aliphatic carbocycles. The monoisotopic (exact) mass is 240 g/mol. The summed E-state index contributed by atoms with van der Waals surface area (Å²) in [4.78, 5) is 3.45. The summed E-state index contributed by atoms with van der Waals surface area (Å²) >= 11 is 0. The van der Waals surface area contributed by atoms with Gasteiger partial charge in [0, 0.05) is 17.0 Å². The van der Waals surface area contributed by atoms with Gasteiger partial charge < -0.3 is 9.72 Å². The molecule has 3 nitrogen and oxygen atoms in total. The van der Waals surface area contributed by atoms with E-state index < -0.39 is 0 Å². The third-order valence-electron chi connectivity index (χ3n) is 3.94. The predicted octanol–water partition coefficient (Wildman–Crippen LogP) is 3.48. The van der Waals surface area contributed by atoms with Crippen LogP contribution in [-0.4, -0.2) is 12.1 Å². The Balaban J connectivity index is 2.28. The number of methoxy groups -OCH3 is 1. The summed E-state index contributed by atoms with van der Waals surface area (Å²) in [6.07, 6.45) is 1.18. The van der Waals surface area contributed by atoms with Crippen molar-refractivity contribution in [1.82, 2.24) is 4.98 Å². The Hall–Kier alpha value is -1.95. The van der Waals surface area contributed by atoms with Crippen molar-refractivity contribution in [3.05, 3.63) is 29.0 Å². The molecule has 1 aliphatic rings. The van der Waals surface area contributed by atoms with Gasteiger partial charge in [-0.1, -0.05) is 6.92 Å². The highest BCUT2D eigenvalue weighted by Crippen LogP contribution is 2.49. The Morgan fingerprint density at radius 1 is 1.44 bits per heavy atom. The maximum Gasteiger partial charge on any atom is 0.119 e. The summed E-state index contributed by atoms with van der Waals surface area (Å²) in [6.45, 7) is 4.27. The highest BCUT2D eigenvalue weighted by Gasteiger charge is 2.37. The van der Waals surface area contributed by atoms with E-state index in [4.69, 9.17) is 4.74 Å². The molecule has 3 heteroatoms. The number of aromatic amines is 1. The summed E-state index contributed by atoms with van der Waals surface area (Å²) in [6, 6.07) is 6.30. The minimum absolute atomic E-state index is 0.525. The molecule has 0 bridgehead atoms. The van der Waals surface area contributed by atoms with E-state index in [1.807, 2.05) is 19.1 Å². The van der Waals surface area contributed by atoms with E-state index >= 15 is 0 Å². The third kappa shape index (κ3) is 1.49. The van der Waals surface area contributed by atoms with Crippen LogP contribution >= 0.6 is 0 Å². The van der Waals surface area contributed by atoms with Gasteiger partial charge in [-0.15, -0.1) is 0 Å². The van der Waals surface area contributed by atoms with Crippen LogP contribution in [0.1, 0.15) is 36.1 Å². The fraction of sp³-hybridized carbons (Fsp3) is 0.400. The van der Waals surface area contributed by atoms with E-state index in [-0.39, 0.29) is 0 Å². The molecule has 0 radical (unpaired) electrons. The van der Waals surface area contributed by atoms with E-state index in [9.17, 15) is 5.26 Å². The molecule has 1 heterocycles. The molecule has 1 aromatic heterocycles. The van der Waals surface area contributed by atoms with Crippen LogP contribution in [0.4, 0.5) is 0 Å². The van der Waals surface area contributed by atoms with Gasteiger partial charge in [-0.05, 0) is 37.0 Å². The van der Waals surface area contributed by atoms with Crippen molar-refractivity contribution >= 4 is 10.9 Å². The number of hydrogen-bond donors (Lipinski definition) is 1. The van der Waals surface area contributed by atoms with E-state index in [1.165, 1.54) is 6.42 Å². The maximum atomic E-state index is 9.41. The number of hydrogen-bond acceptors (Lipinski definition) is 2. The van der Waals surface area contributed by atoms with Crippen molar-refractivity contribution in [3.8, 4) is 11.8 Å². The highest BCUT2D eigenvalue weighted by molar-refractivity contribution is 5.91. The number of nitrogens with one attached hydrogen (secondary N) is 1. The Kier molecular flexibility index (Phi) is 2.34. The molecule has 2 aromatic rings. The molecule has 0 saturated heterocycles. The number of H-pyrrole nitrogens is 1. The topological polar surface area (TPSA) is 48.8 Å². The lowest BCUT2D eigenvalue weighted by Gasteiger charge is -2.02. The van der Waals surface area contributed by atoms with Crippen LogP contribution in [0.15, 0.2) is 12.1 Å². The summed E-state index contributed by atoms with van der Waals surface area (Å²) in [5.41, 5.74) is 4.10. The van der Waals surface area contributed by atoms with Crippen LogP contribution in [0.5, 0.6) is 5.75 Å². The Labute approximate surface area is 106 Å². The van der Waals surface area contributed by atoms with Gasteiger partial charge in [0.05, 0.1) is 18.2 Å². The number of rotatable bonds is 2. The zero-order valence-corrected chi connectivity index (χ0v) is 10.9. The average Bonchev–Trinajstić information content (AvgIpc) is 2.96. The molecule has 92 valence electrons. The molecule has 0 aliphatic heterocycles. The lowest BCUT2D eigenvalue weighted by molar-refractivity contribution is 0.415. The summed E-state index contributed by atoms with van der Waals surface area (Å²) in [5.74, 6) is 2.02. The molecule has 2 unspecified atom stereocenters. The number of aryl methyl sites for hydroxylation is 1. The van der Waals surface area contributed by atoms with E-state index in [2.05, 4.69) is 18.0 Å². The van der Waals surface area contributed by atoms with Crippen LogP contribution in [0.25, 0.3) is 10.9 Å². The fourth-order valence-electron chi connectivity index (χ4n) is 2.70. The number of aromatic nitrogens is 1. The molecule has 1 N–H and O–H groups in total. The van der Waals surface area contributed by atoms with Crippen molar-refractivity contribution in [2.45, 2.75) is 26.2 Å². The molecule has 1 saturated carbocycles. The van der Waals surface area contributed by atoms with Crippen molar-refractivity contribution < 1.29 is 4.74 Å². The second-order valence-corrected chi connectivity index (χ2v) is 5.21. The summed E-state index contributed by atoms with van der Waals surface area (Å²) < 4.78 is 5.29. The van der Waals surface area contributed by atoms with Crippen molar-refractivity contribution in [2.75, 3.05) is 7.11 Å². The predicted molar refractivity (Wildman–Crippen MR) is 70.8 cm³/mol. The van der Waals surface area contributed by atoms with Crippen LogP contribution in [0.2, 0.25) is 0 Å². The first kappa shape index (κ1) is 11.2. The molecule has 3 rings (SSSR count). The van der Waals surface area contributed by atoms with Gasteiger partial charge in [0.15, 0.2) is 0 Å². The van der Waals surface area contributed by atoms with Crippen LogP contribution in [-0.2, 0) is 0 Å². The lowest BCUT2D eigenvalue weighted by atomic mass is 10.1.